The number of hydrogen-bond donors (Lipinski definition) is 0. The minimum Gasteiger partial charge on any atom is -0.369 e. The van der Waals surface area contributed by atoms with Crippen LogP contribution in [0.25, 0.3) is 0 Å². The van der Waals surface area contributed by atoms with Gasteiger partial charge in [-0.25, -0.2) is 8.42 Å². The van der Waals surface area contributed by atoms with E-state index < -0.39 is 27.6 Å². The van der Waals surface area contributed by atoms with E-state index in [9.17, 15) is 26.5 Å². The summed E-state index contributed by atoms with van der Waals surface area (Å²) in [5, 5.41) is 2.92. The fourth-order valence-corrected chi connectivity index (χ4v) is 6.22. The third kappa shape index (κ3) is 6.05. The first-order chi connectivity index (χ1) is 14.6. The van der Waals surface area contributed by atoms with Crippen molar-refractivity contribution in [1.82, 2.24) is 4.90 Å². The summed E-state index contributed by atoms with van der Waals surface area (Å²) in [7, 11) is -3.42. The molecule has 0 spiro atoms. The quantitative estimate of drug-likeness (QED) is 0.523. The second-order valence-electron chi connectivity index (χ2n) is 7.49. The largest absolute Gasteiger partial charge is 0.416 e. The minimum absolute atomic E-state index is 0.00367. The highest BCUT2D eigenvalue weighted by atomic mass is 32.2. The van der Waals surface area contributed by atoms with Gasteiger partial charge in [-0.3, -0.25) is 4.90 Å². The first kappa shape index (κ1) is 23.7. The number of alkyl halides is 3. The first-order valence-corrected chi connectivity index (χ1v) is 12.4. The summed E-state index contributed by atoms with van der Waals surface area (Å²) in [5.74, 6) is 0.00367. The number of piperazine rings is 1. The van der Waals surface area contributed by atoms with Crippen LogP contribution in [-0.2, 0) is 16.0 Å². The molecular weight excluding hydrogens is 451 g/mol. The number of thiophene rings is 1. The highest BCUT2D eigenvalue weighted by Gasteiger charge is 2.31. The molecule has 1 aromatic carbocycles. The molecule has 1 aromatic heterocycles. The van der Waals surface area contributed by atoms with Crippen molar-refractivity contribution in [2.24, 2.45) is 5.18 Å². The zero-order valence-electron chi connectivity index (χ0n) is 17.0. The highest BCUT2D eigenvalue weighted by Crippen LogP contribution is 2.32. The Balaban J connectivity index is 1.48. The summed E-state index contributed by atoms with van der Waals surface area (Å²) < 4.78 is 64.1. The predicted molar refractivity (Wildman–Crippen MR) is 115 cm³/mol. The van der Waals surface area contributed by atoms with Gasteiger partial charge in [-0.15, -0.1) is 11.3 Å². The smallest absolute Gasteiger partial charge is 0.369 e. The third-order valence-corrected chi connectivity index (χ3v) is 8.91. The van der Waals surface area contributed by atoms with E-state index in [1.54, 1.807) is 19.1 Å². The molecule has 0 saturated carbocycles. The molecule has 0 bridgehead atoms. The van der Waals surface area contributed by atoms with Gasteiger partial charge in [-0.2, -0.15) is 18.1 Å². The van der Waals surface area contributed by atoms with E-state index >= 15 is 0 Å². The van der Waals surface area contributed by atoms with Crippen LogP contribution in [0.15, 0.2) is 45.8 Å². The average molecular weight is 476 g/mol. The van der Waals surface area contributed by atoms with Crippen LogP contribution in [0.3, 0.4) is 0 Å². The summed E-state index contributed by atoms with van der Waals surface area (Å²) in [6.45, 7) is 4.69. The van der Waals surface area contributed by atoms with Gasteiger partial charge in [0.05, 0.1) is 11.3 Å². The van der Waals surface area contributed by atoms with E-state index in [4.69, 9.17) is 0 Å². The summed E-state index contributed by atoms with van der Waals surface area (Å²) >= 11 is 1.08. The van der Waals surface area contributed by atoms with Crippen molar-refractivity contribution < 1.29 is 21.6 Å². The normalized spacial score (nSPS) is 17.0. The molecule has 1 saturated heterocycles. The molecular formula is C20H24F3N3O3S2. The Kier molecular flexibility index (Phi) is 7.38. The lowest BCUT2D eigenvalue weighted by molar-refractivity contribution is -0.137. The van der Waals surface area contributed by atoms with E-state index in [0.29, 0.717) is 49.7 Å². The topological polar surface area (TPSA) is 70.0 Å². The number of benzene rings is 1. The number of anilines is 1. The van der Waals surface area contributed by atoms with Gasteiger partial charge in [0.25, 0.3) is 0 Å². The van der Waals surface area contributed by atoms with Crippen molar-refractivity contribution >= 4 is 26.9 Å². The summed E-state index contributed by atoms with van der Waals surface area (Å²) in [6.07, 6.45) is -3.91. The molecule has 0 aliphatic carbocycles. The standard InChI is InChI=1S/C20H24F3N3O3S2/c1-15(24-27)18-6-7-19(30-18)31(28,29)13-3-8-25-9-11-26(12-10-25)17-5-2-4-16(14-17)20(21,22)23/h2,4-7,14-15H,3,8-13H2,1H3. The van der Waals surface area contributed by atoms with Gasteiger partial charge in [0, 0.05) is 36.7 Å². The van der Waals surface area contributed by atoms with Gasteiger partial charge in [0.2, 0.25) is 0 Å². The number of nitroso groups, excluding NO2 is 1. The van der Waals surface area contributed by atoms with E-state index in [1.807, 2.05) is 4.90 Å². The van der Waals surface area contributed by atoms with Crippen LogP contribution in [0, 0.1) is 4.91 Å². The van der Waals surface area contributed by atoms with Crippen molar-refractivity contribution in [2.45, 2.75) is 29.8 Å². The Morgan fingerprint density at radius 1 is 1.13 bits per heavy atom. The first-order valence-electron chi connectivity index (χ1n) is 9.89. The second kappa shape index (κ2) is 9.66. The Morgan fingerprint density at radius 3 is 2.48 bits per heavy atom. The van der Waals surface area contributed by atoms with E-state index in [-0.39, 0.29) is 9.96 Å². The van der Waals surface area contributed by atoms with Gasteiger partial charge < -0.3 is 4.90 Å². The van der Waals surface area contributed by atoms with Gasteiger partial charge in [-0.05, 0) is 50.2 Å². The Bertz CT molecular complexity index is 1000. The van der Waals surface area contributed by atoms with Crippen LogP contribution >= 0.6 is 11.3 Å². The molecule has 0 amide bonds. The molecule has 11 heteroatoms. The van der Waals surface area contributed by atoms with Crippen LogP contribution in [0.5, 0.6) is 0 Å². The molecule has 31 heavy (non-hydrogen) atoms. The zero-order valence-corrected chi connectivity index (χ0v) is 18.6. The van der Waals surface area contributed by atoms with Gasteiger partial charge >= 0.3 is 6.18 Å². The lowest BCUT2D eigenvalue weighted by Crippen LogP contribution is -2.46. The minimum atomic E-state index is -4.37. The van der Waals surface area contributed by atoms with Crippen LogP contribution in [-0.4, -0.2) is 51.8 Å². The second-order valence-corrected chi connectivity index (χ2v) is 10.9. The molecule has 1 aliphatic rings. The van der Waals surface area contributed by atoms with Crippen molar-refractivity contribution in [3.63, 3.8) is 0 Å². The maximum atomic E-state index is 12.9. The lowest BCUT2D eigenvalue weighted by atomic mass is 10.1. The molecule has 3 rings (SSSR count). The van der Waals surface area contributed by atoms with Crippen molar-refractivity contribution in [1.29, 1.82) is 0 Å². The molecule has 2 aromatic rings. The third-order valence-electron chi connectivity index (χ3n) is 5.28. The van der Waals surface area contributed by atoms with E-state index in [0.717, 1.165) is 17.4 Å². The monoisotopic (exact) mass is 475 g/mol. The molecule has 6 nitrogen and oxygen atoms in total. The van der Waals surface area contributed by atoms with Gasteiger partial charge in [-0.1, -0.05) is 11.2 Å². The molecule has 1 fully saturated rings. The number of nitrogens with zero attached hydrogens (tertiary/aromatic N) is 3. The predicted octanol–water partition coefficient (Wildman–Crippen LogP) is 4.58. The molecule has 170 valence electrons. The van der Waals surface area contributed by atoms with Crippen molar-refractivity contribution in [3.05, 3.63) is 51.7 Å². The molecule has 0 radical (unpaired) electrons. The lowest BCUT2D eigenvalue weighted by Gasteiger charge is -2.36. The van der Waals surface area contributed by atoms with Crippen molar-refractivity contribution in [2.75, 3.05) is 43.4 Å². The Hall–Kier alpha value is -1.98. The number of halogens is 3. The maximum absolute atomic E-state index is 12.9. The molecule has 1 aliphatic heterocycles. The maximum Gasteiger partial charge on any atom is 0.416 e. The number of hydrogen-bond acceptors (Lipinski definition) is 7. The summed E-state index contributed by atoms with van der Waals surface area (Å²) in [6, 6.07) is 7.89. The molecule has 2 heterocycles. The summed E-state index contributed by atoms with van der Waals surface area (Å²) in [4.78, 5) is 15.3. The van der Waals surface area contributed by atoms with Gasteiger partial charge in [0.1, 0.15) is 10.3 Å². The van der Waals surface area contributed by atoms with Crippen LogP contribution in [0.1, 0.15) is 29.8 Å². The van der Waals surface area contributed by atoms with Crippen LogP contribution < -0.4 is 4.90 Å². The van der Waals surface area contributed by atoms with Gasteiger partial charge in [0.15, 0.2) is 9.84 Å². The van der Waals surface area contributed by atoms with Crippen LogP contribution in [0.4, 0.5) is 18.9 Å². The SMILES string of the molecule is CC(N=O)c1ccc(S(=O)(=O)CCCN2CCN(c3cccc(C(F)(F)F)c3)CC2)s1. The Labute approximate surface area is 183 Å². The molecule has 0 N–H and O–H groups in total. The van der Waals surface area contributed by atoms with E-state index in [1.165, 1.54) is 18.2 Å². The molecule has 1 unspecified atom stereocenters. The number of rotatable bonds is 8. The summed E-state index contributed by atoms with van der Waals surface area (Å²) in [5.41, 5.74) is -0.114. The fraction of sp³-hybridized carbons (Fsp3) is 0.500. The number of sulfone groups is 1. The fourth-order valence-electron chi connectivity index (χ4n) is 3.47. The van der Waals surface area contributed by atoms with Crippen LogP contribution in [0.2, 0.25) is 0 Å². The van der Waals surface area contributed by atoms with Crippen molar-refractivity contribution in [3.8, 4) is 0 Å². The van der Waals surface area contributed by atoms with E-state index in [2.05, 4.69) is 10.1 Å². The molecule has 1 atom stereocenters. The Morgan fingerprint density at radius 2 is 1.84 bits per heavy atom. The zero-order chi connectivity index (χ0) is 22.6. The average Bonchev–Trinajstić information content (AvgIpc) is 3.24. The highest BCUT2D eigenvalue weighted by molar-refractivity contribution is 7.93.